The second kappa shape index (κ2) is 5.21. The smallest absolute Gasteiger partial charge is 0.237 e. The third-order valence-corrected chi connectivity index (χ3v) is 3.71. The Morgan fingerprint density at radius 3 is 2.13 bits per heavy atom. The van der Waals surface area contributed by atoms with Gasteiger partial charge in [0.2, 0.25) is 5.91 Å². The number of nitrogens with one attached hydrogen (secondary N) is 1. The second-order valence-electron chi connectivity index (χ2n) is 5.53. The molecule has 0 aliphatic carbocycles. The van der Waals surface area contributed by atoms with Crippen molar-refractivity contribution in [2.45, 2.75) is 45.4 Å². The van der Waals surface area contributed by atoms with Gasteiger partial charge in [0, 0.05) is 11.3 Å². The first-order valence-corrected chi connectivity index (χ1v) is 6.41. The number of rotatable bonds is 4. The van der Waals surface area contributed by atoms with E-state index in [-0.39, 0.29) is 16.1 Å². The van der Waals surface area contributed by atoms with E-state index in [1.807, 2.05) is 27.0 Å². The fraction of sp³-hybridized carbons (Fsp3) is 0.909. The number of hydrogen-bond acceptors (Lipinski definition) is 3. The Kier molecular flexibility index (Phi) is 5.14. The van der Waals surface area contributed by atoms with Crippen LogP contribution in [0.25, 0.3) is 0 Å². The molecular formula is C11H24N2OS. The molecule has 3 N–H and O–H groups in total. The van der Waals surface area contributed by atoms with Crippen LogP contribution in [-0.4, -0.2) is 29.5 Å². The van der Waals surface area contributed by atoms with Crippen LogP contribution < -0.4 is 11.1 Å². The van der Waals surface area contributed by atoms with Crippen molar-refractivity contribution in [3.8, 4) is 0 Å². The Bertz CT molecular complexity index is 221. The minimum Gasteiger partial charge on any atom is -0.353 e. The summed E-state index contributed by atoms with van der Waals surface area (Å²) in [7, 11) is 0. The standard InChI is InChI=1S/C11H24N2OS/c1-10(2,3)8(12)9(14)13-7-11(4,5)15-6/h8H,7,12H2,1-6H3,(H,13,14)/t8-/m0/s1. The second-order valence-corrected chi connectivity index (χ2v) is 7.04. The minimum atomic E-state index is -0.449. The first-order chi connectivity index (χ1) is 6.60. The van der Waals surface area contributed by atoms with Crippen molar-refractivity contribution in [2.75, 3.05) is 12.8 Å². The Hall–Kier alpha value is -0.220. The van der Waals surface area contributed by atoms with Gasteiger partial charge in [-0.25, -0.2) is 0 Å². The molecule has 3 nitrogen and oxygen atoms in total. The van der Waals surface area contributed by atoms with Crippen molar-refractivity contribution in [1.29, 1.82) is 0 Å². The fourth-order valence-corrected chi connectivity index (χ4v) is 1.09. The summed E-state index contributed by atoms with van der Waals surface area (Å²) in [6.45, 7) is 10.8. The van der Waals surface area contributed by atoms with Gasteiger partial charge in [-0.05, 0) is 25.5 Å². The monoisotopic (exact) mass is 232 g/mol. The maximum Gasteiger partial charge on any atom is 0.237 e. The van der Waals surface area contributed by atoms with E-state index in [2.05, 4.69) is 19.2 Å². The lowest BCUT2D eigenvalue weighted by atomic mass is 9.87. The maximum atomic E-state index is 11.7. The van der Waals surface area contributed by atoms with E-state index in [4.69, 9.17) is 5.73 Å². The van der Waals surface area contributed by atoms with Crippen LogP contribution in [0.2, 0.25) is 0 Å². The van der Waals surface area contributed by atoms with Crippen molar-refractivity contribution in [3.05, 3.63) is 0 Å². The highest BCUT2D eigenvalue weighted by molar-refractivity contribution is 7.99. The molecule has 0 saturated carbocycles. The molecule has 0 aliphatic rings. The summed E-state index contributed by atoms with van der Waals surface area (Å²) in [6, 6.07) is -0.449. The van der Waals surface area contributed by atoms with E-state index in [0.717, 1.165) is 0 Å². The Morgan fingerprint density at radius 2 is 1.80 bits per heavy atom. The maximum absolute atomic E-state index is 11.7. The summed E-state index contributed by atoms with van der Waals surface area (Å²) >= 11 is 1.73. The van der Waals surface area contributed by atoms with Crippen LogP contribution >= 0.6 is 11.8 Å². The average molecular weight is 232 g/mol. The van der Waals surface area contributed by atoms with Gasteiger partial charge >= 0.3 is 0 Å². The van der Waals surface area contributed by atoms with Crippen LogP contribution in [-0.2, 0) is 4.79 Å². The molecule has 0 saturated heterocycles. The fourth-order valence-electron chi connectivity index (χ4n) is 0.875. The molecule has 0 aromatic carbocycles. The van der Waals surface area contributed by atoms with E-state index in [1.54, 1.807) is 11.8 Å². The molecule has 0 heterocycles. The third-order valence-electron chi connectivity index (χ3n) is 2.46. The topological polar surface area (TPSA) is 55.1 Å². The minimum absolute atomic E-state index is 0.0628. The molecule has 0 aromatic heterocycles. The van der Waals surface area contributed by atoms with Crippen molar-refractivity contribution < 1.29 is 4.79 Å². The molecule has 1 atom stereocenters. The van der Waals surface area contributed by atoms with Crippen molar-refractivity contribution >= 4 is 17.7 Å². The average Bonchev–Trinajstić information content (AvgIpc) is 2.11. The van der Waals surface area contributed by atoms with E-state index < -0.39 is 6.04 Å². The molecule has 0 aliphatic heterocycles. The van der Waals surface area contributed by atoms with Gasteiger partial charge in [0.25, 0.3) is 0 Å². The molecule has 0 radical (unpaired) electrons. The molecule has 0 spiro atoms. The predicted molar refractivity (Wildman–Crippen MR) is 68.0 cm³/mol. The van der Waals surface area contributed by atoms with Crippen molar-refractivity contribution in [3.63, 3.8) is 0 Å². The van der Waals surface area contributed by atoms with E-state index in [0.29, 0.717) is 6.54 Å². The highest BCUT2D eigenvalue weighted by Gasteiger charge is 2.28. The number of nitrogens with two attached hydrogens (primary N) is 1. The molecule has 0 bridgehead atoms. The Morgan fingerprint density at radius 1 is 1.33 bits per heavy atom. The summed E-state index contributed by atoms with van der Waals surface area (Å²) in [5, 5.41) is 2.90. The van der Waals surface area contributed by atoms with Gasteiger partial charge in [0.15, 0.2) is 0 Å². The zero-order valence-electron chi connectivity index (χ0n) is 10.7. The summed E-state index contributed by atoms with van der Waals surface area (Å²) in [6.07, 6.45) is 2.04. The number of amides is 1. The van der Waals surface area contributed by atoms with E-state index >= 15 is 0 Å². The molecule has 4 heteroatoms. The van der Waals surface area contributed by atoms with Gasteiger partial charge < -0.3 is 11.1 Å². The van der Waals surface area contributed by atoms with Gasteiger partial charge in [-0.3, -0.25) is 4.79 Å². The highest BCUT2D eigenvalue weighted by Crippen LogP contribution is 2.21. The van der Waals surface area contributed by atoms with Gasteiger partial charge in [-0.1, -0.05) is 20.8 Å². The largest absolute Gasteiger partial charge is 0.353 e. The third kappa shape index (κ3) is 5.42. The molecule has 15 heavy (non-hydrogen) atoms. The lowest BCUT2D eigenvalue weighted by Gasteiger charge is -2.28. The first-order valence-electron chi connectivity index (χ1n) is 5.18. The molecule has 0 aromatic rings. The summed E-state index contributed by atoms with van der Waals surface area (Å²) < 4.78 is 0.0628. The highest BCUT2D eigenvalue weighted by atomic mass is 32.2. The number of carbonyl (C=O) groups excluding carboxylic acids is 1. The first kappa shape index (κ1) is 14.8. The van der Waals surface area contributed by atoms with Crippen LogP contribution in [0.4, 0.5) is 0 Å². The van der Waals surface area contributed by atoms with Crippen LogP contribution in [0.15, 0.2) is 0 Å². The number of carbonyl (C=O) groups is 1. The molecule has 90 valence electrons. The van der Waals surface area contributed by atoms with E-state index in [9.17, 15) is 4.79 Å². The van der Waals surface area contributed by atoms with Crippen LogP contribution in [0.5, 0.6) is 0 Å². The summed E-state index contributed by atoms with van der Waals surface area (Å²) in [5.74, 6) is -0.0652. The predicted octanol–water partition coefficient (Wildman–Crippen LogP) is 1.62. The number of hydrogen-bond donors (Lipinski definition) is 2. The summed E-state index contributed by atoms with van der Waals surface area (Å²) in [4.78, 5) is 11.7. The van der Waals surface area contributed by atoms with Gasteiger partial charge in [0.05, 0.1) is 6.04 Å². The lowest BCUT2D eigenvalue weighted by molar-refractivity contribution is -0.124. The SMILES string of the molecule is CSC(C)(C)CNC(=O)[C@H](N)C(C)(C)C. The molecule has 0 rings (SSSR count). The van der Waals surface area contributed by atoms with Crippen LogP contribution in [0, 0.1) is 5.41 Å². The van der Waals surface area contributed by atoms with Gasteiger partial charge in [-0.15, -0.1) is 0 Å². The zero-order chi connectivity index (χ0) is 12.3. The molecular weight excluding hydrogens is 208 g/mol. The number of thioether (sulfide) groups is 1. The van der Waals surface area contributed by atoms with Gasteiger partial charge in [-0.2, -0.15) is 11.8 Å². The summed E-state index contributed by atoms with van der Waals surface area (Å²) in [5.41, 5.74) is 5.66. The normalized spacial score (nSPS) is 14.9. The lowest BCUT2D eigenvalue weighted by Crippen LogP contribution is -2.50. The van der Waals surface area contributed by atoms with Gasteiger partial charge in [0.1, 0.15) is 0 Å². The Balaban J connectivity index is 4.17. The van der Waals surface area contributed by atoms with E-state index in [1.165, 1.54) is 0 Å². The Labute approximate surface area is 97.6 Å². The van der Waals surface area contributed by atoms with Crippen molar-refractivity contribution in [1.82, 2.24) is 5.32 Å². The quantitative estimate of drug-likeness (QED) is 0.774. The zero-order valence-corrected chi connectivity index (χ0v) is 11.5. The molecule has 1 amide bonds. The van der Waals surface area contributed by atoms with Crippen molar-refractivity contribution in [2.24, 2.45) is 11.1 Å². The molecule has 0 fully saturated rings. The van der Waals surface area contributed by atoms with Crippen LogP contribution in [0.1, 0.15) is 34.6 Å². The van der Waals surface area contributed by atoms with Crippen LogP contribution in [0.3, 0.4) is 0 Å². The molecule has 0 unspecified atom stereocenters.